The lowest BCUT2D eigenvalue weighted by Gasteiger charge is -2.53. The summed E-state index contributed by atoms with van der Waals surface area (Å²) in [6.45, 7) is 4.92. The first-order chi connectivity index (χ1) is 23.8. The number of rotatable bonds is 11. The van der Waals surface area contributed by atoms with Gasteiger partial charge in [0.25, 0.3) is 0 Å². The van der Waals surface area contributed by atoms with Crippen LogP contribution in [0.2, 0.25) is 0 Å². The van der Waals surface area contributed by atoms with Gasteiger partial charge in [-0.1, -0.05) is 51.4 Å². The van der Waals surface area contributed by atoms with E-state index in [9.17, 15) is 0 Å². The Morgan fingerprint density at radius 3 is 1.08 bits per heavy atom. The second-order valence-electron chi connectivity index (χ2n) is 16.4. The van der Waals surface area contributed by atoms with Gasteiger partial charge in [0.15, 0.2) is 24.8 Å². The Kier molecular flexibility index (Phi) is 11.7. The second-order valence-corrected chi connectivity index (χ2v) is 19.3. The molecule has 4 nitrogen and oxygen atoms in total. The summed E-state index contributed by atoms with van der Waals surface area (Å²) < 4.78 is 4.83. The van der Waals surface area contributed by atoms with Gasteiger partial charge in [-0.15, -0.1) is 0 Å². The molecule has 0 aromatic carbocycles. The maximum absolute atomic E-state index is 3.03. The summed E-state index contributed by atoms with van der Waals surface area (Å²) >= 11 is 4.81. The predicted octanol–water partition coefficient (Wildman–Crippen LogP) is 8.83. The molecule has 2 aromatic rings. The van der Waals surface area contributed by atoms with Gasteiger partial charge in [0.05, 0.1) is 0 Å². The molecule has 0 spiro atoms. The molecule has 8 rings (SSSR count). The molecule has 4 saturated carbocycles. The Hall–Kier alpha value is -1.08. The van der Waals surface area contributed by atoms with E-state index in [0.29, 0.717) is 0 Å². The fraction of sp³-hybridized carbons (Fsp3) is 0.762. The highest BCUT2D eigenvalue weighted by atomic mass is 32.2. The van der Waals surface area contributed by atoms with Crippen molar-refractivity contribution < 1.29 is 9.13 Å². The summed E-state index contributed by atoms with van der Waals surface area (Å²) in [5.41, 5.74) is 2.67. The largest absolute Gasteiger partial charge is 0.295 e. The quantitative estimate of drug-likeness (QED) is 0.173. The van der Waals surface area contributed by atoms with Crippen LogP contribution in [0, 0.1) is 0 Å². The highest BCUT2D eigenvalue weighted by Crippen LogP contribution is 2.47. The average molecular weight is 689 g/mol. The topological polar surface area (TPSA) is 14.2 Å². The zero-order valence-electron chi connectivity index (χ0n) is 29.8. The molecule has 0 amide bonds. The van der Waals surface area contributed by atoms with Crippen LogP contribution in [0.1, 0.15) is 128 Å². The summed E-state index contributed by atoms with van der Waals surface area (Å²) in [5, 5.41) is 3.69. The van der Waals surface area contributed by atoms with Crippen LogP contribution in [-0.4, -0.2) is 68.1 Å². The molecule has 0 radical (unpaired) electrons. The van der Waals surface area contributed by atoms with Crippen molar-refractivity contribution in [3.63, 3.8) is 0 Å². The summed E-state index contributed by atoms with van der Waals surface area (Å²) in [6, 6.07) is 12.8. The third kappa shape index (κ3) is 7.87. The number of unbranched alkanes of at least 4 members (excludes halogenated alkanes) is 2. The molecule has 4 heterocycles. The number of pyridine rings is 2. The Labute approximate surface area is 301 Å². The van der Waals surface area contributed by atoms with E-state index in [1.54, 1.807) is 0 Å². The van der Waals surface area contributed by atoms with E-state index in [0.717, 1.165) is 58.3 Å². The zero-order valence-corrected chi connectivity index (χ0v) is 31.4. The molecule has 2 aliphatic heterocycles. The molecule has 8 unspecified atom stereocenters. The molecule has 8 atom stereocenters. The maximum Gasteiger partial charge on any atom is 0.169 e. The number of aromatic nitrogens is 2. The van der Waals surface area contributed by atoms with Gasteiger partial charge < -0.3 is 0 Å². The van der Waals surface area contributed by atoms with Gasteiger partial charge in [0.2, 0.25) is 0 Å². The molecule has 262 valence electrons. The zero-order chi connectivity index (χ0) is 32.1. The van der Waals surface area contributed by atoms with Crippen molar-refractivity contribution in [2.45, 2.75) is 187 Å². The Morgan fingerprint density at radius 2 is 0.750 bits per heavy atom. The van der Waals surface area contributed by atoms with E-state index < -0.39 is 0 Å². The van der Waals surface area contributed by atoms with Crippen LogP contribution in [0.25, 0.3) is 11.1 Å². The Bertz CT molecular complexity index is 1140. The standard InChI is InChI=1S/C42H64N4S2/c1-5-17-39-35(13-1)45(36-14-2-6-18-40(36)47-39)27-11-9-25-43-29-21-33(22-30-43)34-23-31-44(32-24-34)26-10-12-28-46-37-15-3-7-19-41(37)48-42-20-8-4-16-38(42)46/h21-24,29-32,35-42H,1-20,25-28H2/q+2. The van der Waals surface area contributed by atoms with Gasteiger partial charge in [-0.3, -0.25) is 9.80 Å². The SMILES string of the molecule is c1c[n+](CCCCN2C3CCCCC3SC3CCCCC32)ccc1-c1cc[n+](CCCCN2C3CCCCC3SC3CCCCC32)cc1. The number of aryl methyl sites for hydroxylation is 2. The number of hydrogen-bond acceptors (Lipinski definition) is 4. The van der Waals surface area contributed by atoms with Crippen molar-refractivity contribution in [2.24, 2.45) is 0 Å². The van der Waals surface area contributed by atoms with Crippen LogP contribution >= 0.6 is 23.5 Å². The number of nitrogens with zero attached hydrogens (tertiary/aromatic N) is 4. The van der Waals surface area contributed by atoms with Gasteiger partial charge in [-0.25, -0.2) is 9.13 Å². The van der Waals surface area contributed by atoms with Crippen molar-refractivity contribution in [3.8, 4) is 11.1 Å². The highest BCUT2D eigenvalue weighted by molar-refractivity contribution is 8.00. The van der Waals surface area contributed by atoms with Crippen LogP contribution in [-0.2, 0) is 13.1 Å². The van der Waals surface area contributed by atoms with Gasteiger partial charge in [-0.2, -0.15) is 23.5 Å². The predicted molar refractivity (Wildman–Crippen MR) is 204 cm³/mol. The minimum Gasteiger partial charge on any atom is -0.295 e. The fourth-order valence-corrected chi connectivity index (χ4v) is 14.8. The number of fused-ring (bicyclic) bond motifs is 4. The molecule has 6 heteroatoms. The van der Waals surface area contributed by atoms with Crippen LogP contribution in [0.5, 0.6) is 0 Å². The lowest BCUT2D eigenvalue weighted by Crippen LogP contribution is -2.58. The lowest BCUT2D eigenvalue weighted by atomic mass is 9.87. The molecule has 2 aromatic heterocycles. The highest BCUT2D eigenvalue weighted by Gasteiger charge is 2.45. The van der Waals surface area contributed by atoms with Crippen LogP contribution in [0.15, 0.2) is 49.1 Å². The van der Waals surface area contributed by atoms with Crippen molar-refractivity contribution in [1.29, 1.82) is 0 Å². The van der Waals surface area contributed by atoms with Crippen LogP contribution in [0.3, 0.4) is 0 Å². The van der Waals surface area contributed by atoms with E-state index in [-0.39, 0.29) is 0 Å². The Morgan fingerprint density at radius 1 is 0.438 bits per heavy atom. The summed E-state index contributed by atoms with van der Waals surface area (Å²) in [4.78, 5) is 6.06. The first-order valence-electron chi connectivity index (χ1n) is 20.6. The minimum atomic E-state index is 0.868. The van der Waals surface area contributed by atoms with Gasteiger partial charge >= 0.3 is 0 Å². The van der Waals surface area contributed by atoms with Crippen molar-refractivity contribution in [1.82, 2.24) is 9.80 Å². The molecule has 0 bridgehead atoms. The van der Waals surface area contributed by atoms with Gasteiger partial charge in [-0.05, 0) is 88.4 Å². The third-order valence-electron chi connectivity index (χ3n) is 13.4. The van der Waals surface area contributed by atoms with Crippen LogP contribution < -0.4 is 9.13 Å². The molecule has 48 heavy (non-hydrogen) atoms. The fourth-order valence-electron chi connectivity index (χ4n) is 10.8. The number of hydrogen-bond donors (Lipinski definition) is 0. The minimum absolute atomic E-state index is 0.868. The van der Waals surface area contributed by atoms with E-state index >= 15 is 0 Å². The first kappa shape index (κ1) is 34.0. The molecule has 6 fully saturated rings. The van der Waals surface area contributed by atoms with Crippen molar-refractivity contribution in [3.05, 3.63) is 49.1 Å². The monoisotopic (exact) mass is 688 g/mol. The average Bonchev–Trinajstić information content (AvgIpc) is 3.14. The van der Waals surface area contributed by atoms with E-state index in [1.807, 2.05) is 0 Å². The van der Waals surface area contributed by atoms with E-state index in [2.05, 4.69) is 91.5 Å². The van der Waals surface area contributed by atoms with Crippen molar-refractivity contribution in [2.75, 3.05) is 13.1 Å². The summed E-state index contributed by atoms with van der Waals surface area (Å²) in [7, 11) is 0. The van der Waals surface area contributed by atoms with Crippen LogP contribution in [0.4, 0.5) is 0 Å². The van der Waals surface area contributed by atoms with Gasteiger partial charge in [0.1, 0.15) is 13.1 Å². The summed E-state index contributed by atoms with van der Waals surface area (Å²) in [5.74, 6) is 0. The number of thioether (sulfide) groups is 2. The lowest BCUT2D eigenvalue weighted by molar-refractivity contribution is -0.697. The van der Waals surface area contributed by atoms with E-state index in [1.165, 1.54) is 153 Å². The summed E-state index contributed by atoms with van der Waals surface area (Å²) in [6.07, 6.45) is 37.9. The van der Waals surface area contributed by atoms with Crippen molar-refractivity contribution >= 4 is 23.5 Å². The molecular formula is C42H64N4S2+2. The molecular weight excluding hydrogens is 625 g/mol. The molecule has 0 N–H and O–H groups in total. The molecule has 6 aliphatic rings. The van der Waals surface area contributed by atoms with E-state index in [4.69, 9.17) is 0 Å². The maximum atomic E-state index is 3.03. The second kappa shape index (κ2) is 16.5. The third-order valence-corrected chi connectivity index (χ3v) is 17.0. The molecule has 4 aliphatic carbocycles. The smallest absolute Gasteiger partial charge is 0.169 e. The first-order valence-corrected chi connectivity index (χ1v) is 22.5. The van der Waals surface area contributed by atoms with Gasteiger partial charge in [0, 0.05) is 82.3 Å². The Balaban J connectivity index is 0.782. The molecule has 2 saturated heterocycles. The normalized spacial score (nSPS) is 34.1.